The Bertz CT molecular complexity index is 1020. The first-order valence-electron chi connectivity index (χ1n) is 12.2. The van der Waals surface area contributed by atoms with Gasteiger partial charge < -0.3 is 19.5 Å². The number of rotatable bonds is 12. The Morgan fingerprint density at radius 1 is 0.971 bits per heavy atom. The van der Waals surface area contributed by atoms with Crippen molar-refractivity contribution in [3.63, 3.8) is 0 Å². The number of nitrogens with zero attached hydrogens (tertiary/aromatic N) is 1. The van der Waals surface area contributed by atoms with E-state index in [1.54, 1.807) is 7.11 Å². The van der Waals surface area contributed by atoms with E-state index >= 15 is 0 Å². The van der Waals surface area contributed by atoms with Crippen LogP contribution in [0.4, 0.5) is 0 Å². The lowest BCUT2D eigenvalue weighted by atomic mass is 9.83. The Balaban J connectivity index is 1.57. The third kappa shape index (κ3) is 7.39. The van der Waals surface area contributed by atoms with E-state index in [0.29, 0.717) is 51.1 Å². The molecule has 0 spiro atoms. The number of nitrogens with one attached hydrogen (secondary N) is 1. The molecular formula is C28H36N2O4. The molecule has 0 aromatic heterocycles. The Labute approximate surface area is 202 Å². The highest BCUT2D eigenvalue weighted by Gasteiger charge is 2.17. The minimum absolute atomic E-state index is 0.126. The van der Waals surface area contributed by atoms with Gasteiger partial charge in [0.15, 0.2) is 0 Å². The molecule has 0 heterocycles. The van der Waals surface area contributed by atoms with E-state index in [1.165, 1.54) is 43.1 Å². The van der Waals surface area contributed by atoms with Crippen molar-refractivity contribution < 1.29 is 19.0 Å². The molecule has 1 N–H and O–H groups in total. The number of benzene rings is 2. The molecule has 0 atom stereocenters. The first-order valence-corrected chi connectivity index (χ1v) is 12.2. The smallest absolute Gasteiger partial charge is 0.262 e. The van der Waals surface area contributed by atoms with Gasteiger partial charge in [0.2, 0.25) is 0 Å². The van der Waals surface area contributed by atoms with Crippen molar-refractivity contribution in [2.75, 3.05) is 46.7 Å². The molecule has 6 heteroatoms. The van der Waals surface area contributed by atoms with Crippen molar-refractivity contribution in [1.29, 1.82) is 5.26 Å². The van der Waals surface area contributed by atoms with Gasteiger partial charge in [-0.15, -0.1) is 0 Å². The van der Waals surface area contributed by atoms with Gasteiger partial charge in [-0.2, -0.15) is 5.26 Å². The Kier molecular flexibility index (Phi) is 10.6. The second kappa shape index (κ2) is 13.9. The molecule has 2 aromatic carbocycles. The molecule has 3 rings (SSSR count). The van der Waals surface area contributed by atoms with Crippen LogP contribution in [-0.4, -0.2) is 52.6 Å². The van der Waals surface area contributed by atoms with Crippen molar-refractivity contribution in [3.8, 4) is 6.07 Å². The number of allylic oxidation sites excluding steroid dienone is 1. The number of hydrogen-bond acceptors (Lipinski definition) is 5. The van der Waals surface area contributed by atoms with Gasteiger partial charge in [-0.05, 0) is 59.2 Å². The van der Waals surface area contributed by atoms with Gasteiger partial charge in [-0.3, -0.25) is 4.79 Å². The van der Waals surface area contributed by atoms with Crippen LogP contribution in [0.5, 0.6) is 0 Å². The molecule has 0 saturated heterocycles. The number of nitriles is 1. The zero-order valence-electron chi connectivity index (χ0n) is 20.4. The highest BCUT2D eigenvalue weighted by molar-refractivity contribution is 6.05. The van der Waals surface area contributed by atoms with E-state index in [4.69, 9.17) is 14.2 Å². The van der Waals surface area contributed by atoms with Crippen molar-refractivity contribution in [2.24, 2.45) is 0 Å². The maximum absolute atomic E-state index is 12.6. The first kappa shape index (κ1) is 25.9. The van der Waals surface area contributed by atoms with Crippen LogP contribution in [0, 0.1) is 11.3 Å². The van der Waals surface area contributed by atoms with Crippen molar-refractivity contribution in [1.82, 2.24) is 5.32 Å². The minimum atomic E-state index is -0.382. The van der Waals surface area contributed by atoms with Gasteiger partial charge in [-0.25, -0.2) is 0 Å². The largest absolute Gasteiger partial charge is 0.382 e. The Morgan fingerprint density at radius 2 is 1.65 bits per heavy atom. The molecule has 1 aliphatic carbocycles. The van der Waals surface area contributed by atoms with Crippen LogP contribution >= 0.6 is 0 Å². The average molecular weight is 465 g/mol. The molecular weight excluding hydrogens is 428 g/mol. The predicted octanol–water partition coefficient (Wildman–Crippen LogP) is 4.98. The molecule has 1 aliphatic rings. The summed E-state index contributed by atoms with van der Waals surface area (Å²) in [5, 5.41) is 14.7. The van der Waals surface area contributed by atoms with Gasteiger partial charge in [0.25, 0.3) is 5.91 Å². The summed E-state index contributed by atoms with van der Waals surface area (Å²) in [7, 11) is 1.63. The fourth-order valence-electron chi connectivity index (χ4n) is 4.43. The highest BCUT2D eigenvalue weighted by Crippen LogP contribution is 2.34. The summed E-state index contributed by atoms with van der Waals surface area (Å²) < 4.78 is 15.7. The molecule has 1 fully saturated rings. The molecule has 182 valence electrons. The quantitative estimate of drug-likeness (QED) is 0.272. The number of amides is 1. The lowest BCUT2D eigenvalue weighted by Crippen LogP contribution is -2.29. The molecule has 1 amide bonds. The van der Waals surface area contributed by atoms with Crippen LogP contribution in [0.25, 0.3) is 16.3 Å². The predicted molar refractivity (Wildman–Crippen MR) is 135 cm³/mol. The highest BCUT2D eigenvalue weighted by atomic mass is 16.5. The number of hydrogen-bond donors (Lipinski definition) is 1. The summed E-state index contributed by atoms with van der Waals surface area (Å²) in [5.41, 5.74) is 3.11. The maximum atomic E-state index is 12.6. The summed E-state index contributed by atoms with van der Waals surface area (Å²) >= 11 is 0. The van der Waals surface area contributed by atoms with Gasteiger partial charge in [0.1, 0.15) is 11.6 Å². The number of ether oxygens (including phenoxy) is 3. The molecule has 2 aromatic rings. The molecule has 0 aliphatic heterocycles. The molecule has 0 radical (unpaired) electrons. The van der Waals surface area contributed by atoms with Crippen LogP contribution in [0.3, 0.4) is 0 Å². The molecule has 1 saturated carbocycles. The topological polar surface area (TPSA) is 80.6 Å². The summed E-state index contributed by atoms with van der Waals surface area (Å²) in [6.07, 6.45) is 6.55. The van der Waals surface area contributed by atoms with E-state index in [0.717, 1.165) is 10.9 Å². The molecule has 0 unspecified atom stereocenters. The summed E-state index contributed by atoms with van der Waals surface area (Å²) in [6.45, 7) is 4.51. The van der Waals surface area contributed by atoms with Crippen LogP contribution in [-0.2, 0) is 19.0 Å². The van der Waals surface area contributed by atoms with Crippen LogP contribution < -0.4 is 5.32 Å². The second-order valence-corrected chi connectivity index (χ2v) is 8.74. The lowest BCUT2D eigenvalue weighted by Gasteiger charge is -2.22. The summed E-state index contributed by atoms with van der Waals surface area (Å²) in [5.74, 6) is 0.285. The van der Waals surface area contributed by atoms with Crippen molar-refractivity contribution >= 4 is 22.3 Å². The van der Waals surface area contributed by atoms with Crippen LogP contribution in [0.2, 0.25) is 0 Å². The Hall–Kier alpha value is -2.72. The normalized spacial score (nSPS) is 15.1. The van der Waals surface area contributed by atoms with Crippen LogP contribution in [0.1, 0.15) is 56.1 Å². The summed E-state index contributed by atoms with van der Waals surface area (Å²) in [6, 6.07) is 14.9. The fraction of sp³-hybridized carbons (Fsp3) is 0.500. The van der Waals surface area contributed by atoms with E-state index in [-0.39, 0.29) is 11.5 Å². The number of carbonyl (C=O) groups excluding carboxylic acids is 1. The lowest BCUT2D eigenvalue weighted by molar-refractivity contribution is -0.117. The number of fused-ring (bicyclic) bond motifs is 1. The first-order chi connectivity index (χ1) is 16.6. The van der Waals surface area contributed by atoms with Gasteiger partial charge in [-0.1, -0.05) is 49.6 Å². The van der Waals surface area contributed by atoms with Crippen molar-refractivity contribution in [2.45, 2.75) is 44.9 Å². The fourth-order valence-corrected chi connectivity index (χ4v) is 4.43. The SMILES string of the molecule is COCCOCCOCCNC(=O)/C(C#N)=C(\C)c1ccc2cc(C3CCCCC3)ccc2c1. The van der Waals surface area contributed by atoms with Gasteiger partial charge in [0, 0.05) is 13.7 Å². The average Bonchev–Trinajstić information content (AvgIpc) is 2.88. The standard InChI is InChI=1S/C28H36N2O4/c1-21(27(20-29)28(31)30-12-13-33-16-17-34-15-14-32-2)23-8-9-26-19-24(10-11-25(26)18-23)22-6-4-3-5-7-22/h8-11,18-19,22H,3-7,12-17H2,1-2H3,(H,30,31)/b27-21+. The van der Waals surface area contributed by atoms with E-state index in [9.17, 15) is 10.1 Å². The van der Waals surface area contributed by atoms with E-state index in [1.807, 2.05) is 13.0 Å². The van der Waals surface area contributed by atoms with E-state index < -0.39 is 0 Å². The van der Waals surface area contributed by atoms with Crippen LogP contribution in [0.15, 0.2) is 42.0 Å². The molecule has 0 bridgehead atoms. The minimum Gasteiger partial charge on any atom is -0.382 e. The number of carbonyl (C=O) groups is 1. The third-order valence-electron chi connectivity index (χ3n) is 6.42. The maximum Gasteiger partial charge on any atom is 0.262 e. The third-order valence-corrected chi connectivity index (χ3v) is 6.42. The Morgan fingerprint density at radius 3 is 2.38 bits per heavy atom. The molecule has 34 heavy (non-hydrogen) atoms. The van der Waals surface area contributed by atoms with Crippen molar-refractivity contribution in [3.05, 3.63) is 53.1 Å². The van der Waals surface area contributed by atoms with Gasteiger partial charge in [0.05, 0.1) is 33.0 Å². The zero-order valence-corrected chi connectivity index (χ0v) is 20.4. The zero-order chi connectivity index (χ0) is 24.2. The van der Waals surface area contributed by atoms with Gasteiger partial charge >= 0.3 is 0 Å². The summed E-state index contributed by atoms with van der Waals surface area (Å²) in [4.78, 5) is 12.6. The second-order valence-electron chi connectivity index (χ2n) is 8.74. The monoisotopic (exact) mass is 464 g/mol. The van der Waals surface area contributed by atoms with E-state index in [2.05, 4.69) is 41.7 Å². The molecule has 6 nitrogen and oxygen atoms in total. The number of methoxy groups -OCH3 is 1.